The van der Waals surface area contributed by atoms with E-state index < -0.39 is 0 Å². The molecule has 1 rings (SSSR count). The summed E-state index contributed by atoms with van der Waals surface area (Å²) in [7, 11) is 0. The molecule has 0 aliphatic heterocycles. The minimum absolute atomic E-state index is 0.0528. The van der Waals surface area contributed by atoms with Crippen molar-refractivity contribution in [2.45, 2.75) is 46.1 Å². The van der Waals surface area contributed by atoms with Crippen molar-refractivity contribution >= 4 is 11.3 Å². The minimum Gasteiger partial charge on any atom is -0.393 e. The van der Waals surface area contributed by atoms with Crippen molar-refractivity contribution in [3.8, 4) is 0 Å². The van der Waals surface area contributed by atoms with Crippen LogP contribution in [-0.2, 0) is 6.42 Å². The van der Waals surface area contributed by atoms with Crippen molar-refractivity contribution in [2.24, 2.45) is 5.41 Å². The molecule has 0 amide bonds. The Morgan fingerprint density at radius 1 is 1.50 bits per heavy atom. The van der Waals surface area contributed by atoms with Crippen LogP contribution >= 0.6 is 11.3 Å². The summed E-state index contributed by atoms with van der Waals surface area (Å²) in [6.07, 6.45) is 2.72. The van der Waals surface area contributed by atoms with Crippen LogP contribution < -0.4 is 0 Å². The lowest BCUT2D eigenvalue weighted by Gasteiger charge is -2.29. The van der Waals surface area contributed by atoms with Crippen molar-refractivity contribution in [3.63, 3.8) is 0 Å². The van der Waals surface area contributed by atoms with Crippen molar-refractivity contribution < 1.29 is 5.11 Å². The summed E-state index contributed by atoms with van der Waals surface area (Å²) in [5, 5.41) is 12.1. The highest BCUT2D eigenvalue weighted by Crippen LogP contribution is 2.28. The first-order valence-corrected chi connectivity index (χ1v) is 6.14. The summed E-state index contributed by atoms with van der Waals surface area (Å²) in [5.74, 6) is 0. The van der Waals surface area contributed by atoms with E-state index in [0.717, 1.165) is 19.3 Å². The van der Waals surface area contributed by atoms with E-state index in [0.29, 0.717) is 0 Å². The third kappa shape index (κ3) is 3.10. The fourth-order valence-corrected chi connectivity index (χ4v) is 2.08. The number of thiophene rings is 1. The van der Waals surface area contributed by atoms with Crippen LogP contribution in [0.4, 0.5) is 0 Å². The number of aliphatic hydroxyl groups excluding tert-OH is 1. The molecule has 1 aromatic rings. The van der Waals surface area contributed by atoms with Crippen LogP contribution in [0.15, 0.2) is 17.5 Å². The molecule has 2 heteroatoms. The molecule has 0 fully saturated rings. The SMILES string of the molecule is CCC(C)(C)C(O)CCc1cccs1. The maximum Gasteiger partial charge on any atom is 0.0594 e. The molecule has 0 saturated carbocycles. The fourth-order valence-electron chi connectivity index (χ4n) is 1.36. The molecule has 1 nitrogen and oxygen atoms in total. The maximum absolute atomic E-state index is 9.98. The topological polar surface area (TPSA) is 20.2 Å². The predicted molar refractivity (Wildman–Crippen MR) is 62.7 cm³/mol. The average molecular weight is 212 g/mol. The molecule has 1 unspecified atom stereocenters. The second kappa shape index (κ2) is 4.94. The van der Waals surface area contributed by atoms with Gasteiger partial charge in [-0.15, -0.1) is 11.3 Å². The number of hydrogen-bond donors (Lipinski definition) is 1. The second-order valence-corrected chi connectivity index (χ2v) is 5.51. The molecule has 0 saturated heterocycles. The molecule has 0 radical (unpaired) electrons. The van der Waals surface area contributed by atoms with Gasteiger partial charge in [-0.2, -0.15) is 0 Å². The fraction of sp³-hybridized carbons (Fsp3) is 0.667. The second-order valence-electron chi connectivity index (χ2n) is 4.48. The van der Waals surface area contributed by atoms with E-state index in [1.165, 1.54) is 4.88 Å². The van der Waals surface area contributed by atoms with Gasteiger partial charge in [-0.3, -0.25) is 0 Å². The molecule has 0 aliphatic carbocycles. The monoisotopic (exact) mass is 212 g/mol. The van der Waals surface area contributed by atoms with Crippen molar-refractivity contribution in [3.05, 3.63) is 22.4 Å². The van der Waals surface area contributed by atoms with Crippen LogP contribution in [0.2, 0.25) is 0 Å². The Hall–Kier alpha value is -0.340. The average Bonchev–Trinajstić information content (AvgIpc) is 2.66. The van der Waals surface area contributed by atoms with E-state index >= 15 is 0 Å². The van der Waals surface area contributed by atoms with Gasteiger partial charge in [-0.25, -0.2) is 0 Å². The highest BCUT2D eigenvalue weighted by Gasteiger charge is 2.25. The lowest BCUT2D eigenvalue weighted by molar-refractivity contribution is 0.0410. The Morgan fingerprint density at radius 3 is 2.71 bits per heavy atom. The number of rotatable bonds is 5. The molecule has 80 valence electrons. The molecule has 1 N–H and O–H groups in total. The van der Waals surface area contributed by atoms with Gasteiger partial charge in [0.05, 0.1) is 6.10 Å². The zero-order valence-electron chi connectivity index (χ0n) is 9.29. The first-order chi connectivity index (χ1) is 6.56. The largest absolute Gasteiger partial charge is 0.393 e. The zero-order chi connectivity index (χ0) is 10.6. The van der Waals surface area contributed by atoms with Crippen molar-refractivity contribution in [1.29, 1.82) is 0 Å². The van der Waals surface area contributed by atoms with Gasteiger partial charge in [0.25, 0.3) is 0 Å². The van der Waals surface area contributed by atoms with E-state index in [-0.39, 0.29) is 11.5 Å². The standard InChI is InChI=1S/C12H20OS/c1-4-12(2,3)11(13)8-7-10-6-5-9-14-10/h5-6,9,11,13H,4,7-8H2,1-3H3. The Labute approximate surface area is 90.8 Å². The van der Waals surface area contributed by atoms with Gasteiger partial charge < -0.3 is 5.11 Å². The Bertz CT molecular complexity index is 251. The summed E-state index contributed by atoms with van der Waals surface area (Å²) >= 11 is 1.77. The highest BCUT2D eigenvalue weighted by molar-refractivity contribution is 7.09. The van der Waals surface area contributed by atoms with E-state index in [2.05, 4.69) is 38.3 Å². The molecule has 1 atom stereocenters. The molecule has 0 bridgehead atoms. The minimum atomic E-state index is -0.186. The van der Waals surface area contributed by atoms with Crippen LogP contribution in [0.3, 0.4) is 0 Å². The number of aryl methyl sites for hydroxylation is 1. The Kier molecular flexibility index (Phi) is 4.14. The predicted octanol–water partition coefficient (Wildman–Crippen LogP) is 3.48. The zero-order valence-corrected chi connectivity index (χ0v) is 10.1. The molecular weight excluding hydrogens is 192 g/mol. The summed E-state index contributed by atoms with van der Waals surface area (Å²) in [4.78, 5) is 1.37. The molecule has 1 heterocycles. The lowest BCUT2D eigenvalue weighted by atomic mass is 9.82. The quantitative estimate of drug-likeness (QED) is 0.792. The summed E-state index contributed by atoms with van der Waals surface area (Å²) in [6, 6.07) is 4.20. The molecule has 14 heavy (non-hydrogen) atoms. The van der Waals surface area contributed by atoms with E-state index in [1.54, 1.807) is 11.3 Å². The molecule has 0 spiro atoms. The van der Waals surface area contributed by atoms with Crippen LogP contribution in [0.1, 0.15) is 38.5 Å². The molecule has 0 aliphatic rings. The first kappa shape index (κ1) is 11.7. The molecule has 0 aromatic carbocycles. The Morgan fingerprint density at radius 2 is 2.21 bits per heavy atom. The van der Waals surface area contributed by atoms with Crippen LogP contribution in [0, 0.1) is 5.41 Å². The van der Waals surface area contributed by atoms with Crippen LogP contribution in [0.5, 0.6) is 0 Å². The van der Waals surface area contributed by atoms with E-state index in [1.807, 2.05) is 0 Å². The molecular formula is C12H20OS. The van der Waals surface area contributed by atoms with Crippen molar-refractivity contribution in [1.82, 2.24) is 0 Å². The third-order valence-corrected chi connectivity index (χ3v) is 3.99. The highest BCUT2D eigenvalue weighted by atomic mass is 32.1. The maximum atomic E-state index is 9.98. The normalized spacial score (nSPS) is 14.3. The third-order valence-electron chi connectivity index (χ3n) is 3.06. The summed E-state index contributed by atoms with van der Waals surface area (Å²) < 4.78 is 0. The van der Waals surface area contributed by atoms with E-state index in [4.69, 9.17) is 0 Å². The van der Waals surface area contributed by atoms with Gasteiger partial charge in [0.2, 0.25) is 0 Å². The van der Waals surface area contributed by atoms with Gasteiger partial charge in [0.15, 0.2) is 0 Å². The number of aliphatic hydroxyl groups is 1. The molecule has 1 aromatic heterocycles. The lowest BCUT2D eigenvalue weighted by Crippen LogP contribution is -2.28. The van der Waals surface area contributed by atoms with Crippen molar-refractivity contribution in [2.75, 3.05) is 0 Å². The summed E-state index contributed by atoms with van der Waals surface area (Å²) in [5.41, 5.74) is 0.0528. The van der Waals surface area contributed by atoms with Gasteiger partial charge in [0, 0.05) is 4.88 Å². The van der Waals surface area contributed by atoms with Gasteiger partial charge in [0.1, 0.15) is 0 Å². The Balaban J connectivity index is 2.38. The number of hydrogen-bond acceptors (Lipinski definition) is 2. The van der Waals surface area contributed by atoms with Gasteiger partial charge >= 0.3 is 0 Å². The van der Waals surface area contributed by atoms with Crippen LogP contribution in [0.25, 0.3) is 0 Å². The van der Waals surface area contributed by atoms with Crippen LogP contribution in [-0.4, -0.2) is 11.2 Å². The summed E-state index contributed by atoms with van der Waals surface area (Å²) in [6.45, 7) is 6.40. The first-order valence-electron chi connectivity index (χ1n) is 5.26. The van der Waals surface area contributed by atoms with Gasteiger partial charge in [-0.1, -0.05) is 26.8 Å². The van der Waals surface area contributed by atoms with E-state index in [9.17, 15) is 5.11 Å². The smallest absolute Gasteiger partial charge is 0.0594 e. The van der Waals surface area contributed by atoms with Gasteiger partial charge in [-0.05, 0) is 36.1 Å².